The SMILES string of the molecule is C[C@@H](N(C)C)C(C)(C)C. The lowest BCUT2D eigenvalue weighted by atomic mass is 9.87. The Morgan fingerprint density at radius 3 is 1.44 bits per heavy atom. The van der Waals surface area contributed by atoms with Crippen LogP contribution in [0.15, 0.2) is 0 Å². The van der Waals surface area contributed by atoms with Crippen LogP contribution in [0.1, 0.15) is 27.7 Å². The van der Waals surface area contributed by atoms with E-state index in [1.54, 1.807) is 0 Å². The van der Waals surface area contributed by atoms with Crippen molar-refractivity contribution in [2.45, 2.75) is 33.7 Å². The highest BCUT2D eigenvalue weighted by molar-refractivity contribution is 4.74. The van der Waals surface area contributed by atoms with E-state index in [9.17, 15) is 0 Å². The van der Waals surface area contributed by atoms with Crippen molar-refractivity contribution in [2.24, 2.45) is 5.41 Å². The van der Waals surface area contributed by atoms with Crippen LogP contribution in [-0.4, -0.2) is 25.0 Å². The standard InChI is InChI=1S/C8H19N/c1-7(9(5)6)8(2,3)4/h7H,1-6H3/t7-/m1/s1. The van der Waals surface area contributed by atoms with Crippen LogP contribution in [0.4, 0.5) is 0 Å². The van der Waals surface area contributed by atoms with Crippen LogP contribution in [0.25, 0.3) is 0 Å². The smallest absolute Gasteiger partial charge is 0.0109 e. The average Bonchev–Trinajstić information content (AvgIpc) is 1.62. The average molecular weight is 129 g/mol. The predicted octanol–water partition coefficient (Wildman–Crippen LogP) is 1.98. The first-order valence-corrected chi connectivity index (χ1v) is 3.52. The van der Waals surface area contributed by atoms with Gasteiger partial charge in [0.1, 0.15) is 0 Å². The van der Waals surface area contributed by atoms with E-state index < -0.39 is 0 Å². The molecular formula is C8H19N. The maximum Gasteiger partial charge on any atom is 0.0109 e. The molecule has 0 rings (SSSR count). The minimum absolute atomic E-state index is 0.406. The molecule has 0 spiro atoms. The van der Waals surface area contributed by atoms with Crippen molar-refractivity contribution in [1.82, 2.24) is 4.90 Å². The van der Waals surface area contributed by atoms with Gasteiger partial charge in [-0.3, -0.25) is 0 Å². The van der Waals surface area contributed by atoms with Crippen LogP contribution in [0.5, 0.6) is 0 Å². The van der Waals surface area contributed by atoms with Gasteiger partial charge in [-0.05, 0) is 26.4 Å². The molecule has 0 unspecified atom stereocenters. The van der Waals surface area contributed by atoms with E-state index in [4.69, 9.17) is 0 Å². The zero-order valence-corrected chi connectivity index (χ0v) is 7.52. The number of nitrogens with zero attached hydrogens (tertiary/aromatic N) is 1. The van der Waals surface area contributed by atoms with E-state index in [-0.39, 0.29) is 0 Å². The molecule has 0 fully saturated rings. The first-order chi connectivity index (χ1) is 3.85. The van der Waals surface area contributed by atoms with Gasteiger partial charge in [0.05, 0.1) is 0 Å². The molecule has 0 N–H and O–H groups in total. The lowest BCUT2D eigenvalue weighted by molar-refractivity contribution is 0.169. The van der Waals surface area contributed by atoms with Crippen molar-refractivity contribution in [3.63, 3.8) is 0 Å². The Morgan fingerprint density at radius 1 is 1.11 bits per heavy atom. The summed E-state index contributed by atoms with van der Waals surface area (Å²) in [5.74, 6) is 0. The first kappa shape index (κ1) is 8.96. The van der Waals surface area contributed by atoms with Crippen molar-refractivity contribution in [2.75, 3.05) is 14.1 Å². The molecular weight excluding hydrogens is 110 g/mol. The summed E-state index contributed by atoms with van der Waals surface area (Å²) in [6.07, 6.45) is 0. The van der Waals surface area contributed by atoms with Gasteiger partial charge in [0, 0.05) is 6.04 Å². The van der Waals surface area contributed by atoms with Gasteiger partial charge in [0.2, 0.25) is 0 Å². The summed E-state index contributed by atoms with van der Waals surface area (Å²) >= 11 is 0. The quantitative estimate of drug-likeness (QED) is 0.523. The summed E-state index contributed by atoms with van der Waals surface area (Å²) in [5.41, 5.74) is 0.406. The molecule has 1 atom stereocenters. The summed E-state index contributed by atoms with van der Waals surface area (Å²) in [6.45, 7) is 9.03. The Hall–Kier alpha value is -0.0400. The molecule has 0 amide bonds. The summed E-state index contributed by atoms with van der Waals surface area (Å²) in [6, 6.07) is 0.650. The van der Waals surface area contributed by atoms with Gasteiger partial charge in [-0.25, -0.2) is 0 Å². The van der Waals surface area contributed by atoms with Gasteiger partial charge in [0.25, 0.3) is 0 Å². The first-order valence-electron chi connectivity index (χ1n) is 3.52. The van der Waals surface area contributed by atoms with Crippen molar-refractivity contribution >= 4 is 0 Å². The van der Waals surface area contributed by atoms with E-state index in [1.807, 2.05) is 0 Å². The molecule has 0 aromatic rings. The van der Waals surface area contributed by atoms with E-state index in [2.05, 4.69) is 46.7 Å². The Morgan fingerprint density at radius 2 is 1.44 bits per heavy atom. The summed E-state index contributed by atoms with van der Waals surface area (Å²) in [5, 5.41) is 0. The minimum Gasteiger partial charge on any atom is -0.306 e. The molecule has 0 aliphatic rings. The Bertz CT molecular complexity index is 79.1. The summed E-state index contributed by atoms with van der Waals surface area (Å²) in [7, 11) is 4.24. The van der Waals surface area contributed by atoms with Crippen molar-refractivity contribution in [1.29, 1.82) is 0 Å². The molecule has 0 saturated heterocycles. The molecule has 9 heavy (non-hydrogen) atoms. The second-order valence-corrected chi connectivity index (χ2v) is 4.01. The molecule has 0 aliphatic heterocycles. The van der Waals surface area contributed by atoms with E-state index in [1.165, 1.54) is 0 Å². The number of hydrogen-bond acceptors (Lipinski definition) is 1. The third kappa shape index (κ3) is 2.85. The fourth-order valence-corrected chi connectivity index (χ4v) is 0.775. The third-order valence-corrected chi connectivity index (χ3v) is 2.03. The normalized spacial score (nSPS) is 16.3. The maximum atomic E-state index is 2.26. The zero-order chi connectivity index (χ0) is 7.65. The number of hydrogen-bond donors (Lipinski definition) is 0. The lowest BCUT2D eigenvalue weighted by Crippen LogP contribution is -2.36. The van der Waals surface area contributed by atoms with Gasteiger partial charge >= 0.3 is 0 Å². The van der Waals surface area contributed by atoms with E-state index in [0.717, 1.165) is 0 Å². The monoisotopic (exact) mass is 129 g/mol. The zero-order valence-electron chi connectivity index (χ0n) is 7.52. The Labute approximate surface area is 59.1 Å². The topological polar surface area (TPSA) is 3.24 Å². The fourth-order valence-electron chi connectivity index (χ4n) is 0.775. The third-order valence-electron chi connectivity index (χ3n) is 2.03. The molecule has 0 heterocycles. The summed E-state index contributed by atoms with van der Waals surface area (Å²) < 4.78 is 0. The lowest BCUT2D eigenvalue weighted by Gasteiger charge is -2.32. The van der Waals surface area contributed by atoms with Crippen molar-refractivity contribution < 1.29 is 0 Å². The minimum atomic E-state index is 0.406. The van der Waals surface area contributed by atoms with E-state index in [0.29, 0.717) is 11.5 Å². The molecule has 0 bridgehead atoms. The van der Waals surface area contributed by atoms with Gasteiger partial charge in [-0.1, -0.05) is 20.8 Å². The molecule has 1 nitrogen and oxygen atoms in total. The van der Waals surface area contributed by atoms with Gasteiger partial charge in [0.15, 0.2) is 0 Å². The van der Waals surface area contributed by atoms with Gasteiger partial charge in [-0.2, -0.15) is 0 Å². The van der Waals surface area contributed by atoms with Gasteiger partial charge < -0.3 is 4.90 Å². The maximum absolute atomic E-state index is 2.26. The van der Waals surface area contributed by atoms with Crippen molar-refractivity contribution in [3.05, 3.63) is 0 Å². The highest BCUT2D eigenvalue weighted by atomic mass is 15.1. The van der Waals surface area contributed by atoms with Crippen LogP contribution in [0.2, 0.25) is 0 Å². The molecule has 0 aromatic heterocycles. The second-order valence-electron chi connectivity index (χ2n) is 4.01. The van der Waals surface area contributed by atoms with Gasteiger partial charge in [-0.15, -0.1) is 0 Å². The van der Waals surface area contributed by atoms with Crippen LogP contribution in [0, 0.1) is 5.41 Å². The Balaban J connectivity index is 3.88. The Kier molecular flexibility index (Phi) is 2.68. The molecule has 0 radical (unpaired) electrons. The molecule has 0 aromatic carbocycles. The summed E-state index contributed by atoms with van der Waals surface area (Å²) in [4.78, 5) is 2.25. The molecule has 0 aliphatic carbocycles. The van der Waals surface area contributed by atoms with Crippen LogP contribution >= 0.6 is 0 Å². The fraction of sp³-hybridized carbons (Fsp3) is 1.00. The number of rotatable bonds is 1. The molecule has 1 heteroatoms. The molecule has 56 valence electrons. The highest BCUT2D eigenvalue weighted by Gasteiger charge is 2.20. The van der Waals surface area contributed by atoms with Crippen LogP contribution in [0.3, 0.4) is 0 Å². The van der Waals surface area contributed by atoms with Crippen LogP contribution in [-0.2, 0) is 0 Å². The largest absolute Gasteiger partial charge is 0.306 e. The van der Waals surface area contributed by atoms with Crippen LogP contribution < -0.4 is 0 Å². The predicted molar refractivity (Wildman–Crippen MR) is 42.6 cm³/mol. The highest BCUT2D eigenvalue weighted by Crippen LogP contribution is 2.21. The van der Waals surface area contributed by atoms with Crippen molar-refractivity contribution in [3.8, 4) is 0 Å². The second kappa shape index (κ2) is 2.70. The molecule has 0 saturated carbocycles. The van der Waals surface area contributed by atoms with E-state index >= 15 is 0 Å².